The fourth-order valence-corrected chi connectivity index (χ4v) is 11.2. The van der Waals surface area contributed by atoms with E-state index in [4.69, 9.17) is 36.3 Å². The van der Waals surface area contributed by atoms with Crippen LogP contribution in [0.3, 0.4) is 0 Å². The molecule has 2 aromatic heterocycles. The molecule has 1 aromatic carbocycles. The summed E-state index contributed by atoms with van der Waals surface area (Å²) >= 11 is 9.84. The number of thiazole rings is 1. The molecule has 1 aliphatic carbocycles. The van der Waals surface area contributed by atoms with Crippen LogP contribution in [0.1, 0.15) is 84.4 Å². The average Bonchev–Trinajstić information content (AvgIpc) is 3.97. The van der Waals surface area contributed by atoms with Crippen molar-refractivity contribution in [1.29, 1.82) is 0 Å². The fourth-order valence-electron chi connectivity index (χ4n) is 9.10. The number of thioether (sulfide) groups is 1. The van der Waals surface area contributed by atoms with Crippen LogP contribution in [0, 0.1) is 23.7 Å². The maximum atomic E-state index is 14.2. The number of aliphatic hydroxyl groups excluding tert-OH is 1. The highest BCUT2D eigenvalue weighted by Crippen LogP contribution is 2.36. The third-order valence-corrected chi connectivity index (χ3v) is 16.2. The predicted octanol–water partition coefficient (Wildman–Crippen LogP) is 6.50. The number of hydrogen-bond donors (Lipinski definition) is 4. The first-order chi connectivity index (χ1) is 33.9. The number of alkyl halides is 1. The molecule has 3 amide bonds. The Balaban J connectivity index is 0.798. The first kappa shape index (κ1) is 56.3. The van der Waals surface area contributed by atoms with E-state index in [2.05, 4.69) is 75.5 Å². The molecule has 6 rings (SSSR count). The second kappa shape index (κ2) is 26.8. The second-order valence-corrected chi connectivity index (χ2v) is 23.0. The Labute approximate surface area is 433 Å². The van der Waals surface area contributed by atoms with Crippen LogP contribution in [0.15, 0.2) is 71.1 Å². The van der Waals surface area contributed by atoms with Crippen molar-refractivity contribution in [1.82, 2.24) is 30.5 Å². The largest absolute Gasteiger partial charge is 0.391 e. The molecule has 2 saturated heterocycles. The van der Waals surface area contributed by atoms with Gasteiger partial charge in [-0.3, -0.25) is 14.4 Å². The van der Waals surface area contributed by atoms with E-state index in [-0.39, 0.29) is 91.9 Å². The fraction of sp³-hybridized carbons (Fsp3) is 0.615. The Bertz CT molecular complexity index is 2230. The number of carbonyl (C=O) groups is 3. The zero-order valence-electron chi connectivity index (χ0n) is 42.4. The summed E-state index contributed by atoms with van der Waals surface area (Å²) in [4.78, 5) is 58.7. The van der Waals surface area contributed by atoms with E-state index in [1.807, 2.05) is 57.6 Å². The van der Waals surface area contributed by atoms with Crippen molar-refractivity contribution >= 4 is 58.2 Å². The number of amides is 3. The minimum absolute atomic E-state index is 0.0733. The van der Waals surface area contributed by atoms with Gasteiger partial charge in [-0.1, -0.05) is 83.6 Å². The van der Waals surface area contributed by atoms with Crippen molar-refractivity contribution < 1.29 is 38.4 Å². The zero-order valence-corrected chi connectivity index (χ0v) is 44.8. The van der Waals surface area contributed by atoms with E-state index < -0.39 is 23.5 Å². The SMILES string of the molecule is Cc1ncsc1-c1ccc([C@H](C)CC(C)[C@@H]2CC(O)CN2C(=O)[C@@H](NC(=O)COCCOCCOCCOCC(=O)NC2=CC(Cl)C(Sc3cnc(N4CCC(C)(CN)CC4)cn3)C=C2)C(C)(C)C)cc1. The molecular formula is C52H75ClN8O8S2. The molecule has 71 heavy (non-hydrogen) atoms. The Morgan fingerprint density at radius 2 is 1.61 bits per heavy atom. The summed E-state index contributed by atoms with van der Waals surface area (Å²) in [5.41, 5.74) is 11.4. The third-order valence-electron chi connectivity index (χ3n) is 13.5. The first-order valence-electron chi connectivity index (χ1n) is 24.8. The standard InChI is InChI=1S/C52H75ClN8O8S2/c1-34(37-8-10-38(11-9-37)48-36(3)57-33-70-48)24-35(2)42-26-40(62)29-61(42)50(65)49(51(4,5)6)59-46(64)31-69-23-21-67-19-18-66-20-22-68-30-45(63)58-39-12-13-43(41(53)25-39)71-47-28-55-44(27-56-47)60-16-14-52(7,32-54)15-17-60/h8-13,25,27-28,33-35,40-43,49,62H,14-24,26,29-32,54H2,1-7H3,(H,58,63)(H,59,64)/t34-,35?,40?,41?,42+,43?,49-/m1/s1. The Morgan fingerprint density at radius 1 is 0.958 bits per heavy atom. The number of allylic oxidation sites excluding steroid dienone is 2. The predicted molar refractivity (Wildman–Crippen MR) is 281 cm³/mol. The van der Waals surface area contributed by atoms with E-state index in [0.29, 0.717) is 31.9 Å². The maximum Gasteiger partial charge on any atom is 0.250 e. The van der Waals surface area contributed by atoms with Crippen LogP contribution >= 0.6 is 34.7 Å². The number of β-amino-alcohol motifs (C(OH)–C–C–N with tert-alkyl or cyclic N) is 1. The summed E-state index contributed by atoms with van der Waals surface area (Å²) in [6.07, 6.45) is 12.0. The van der Waals surface area contributed by atoms with Gasteiger partial charge in [-0.2, -0.15) is 0 Å². The number of ether oxygens (including phenoxy) is 4. The smallest absolute Gasteiger partial charge is 0.250 e. The van der Waals surface area contributed by atoms with Crippen LogP contribution in [0.2, 0.25) is 0 Å². The van der Waals surface area contributed by atoms with E-state index in [1.54, 1.807) is 22.4 Å². The summed E-state index contributed by atoms with van der Waals surface area (Å²) in [7, 11) is 0. The van der Waals surface area contributed by atoms with Gasteiger partial charge in [0.05, 0.1) is 79.6 Å². The molecule has 5 N–H and O–H groups in total. The number of rotatable bonds is 25. The van der Waals surface area contributed by atoms with Crippen molar-refractivity contribution in [3.63, 3.8) is 0 Å². The summed E-state index contributed by atoms with van der Waals surface area (Å²) < 4.78 is 22.2. The quantitative estimate of drug-likeness (QED) is 0.0529. The number of likely N-dealkylation sites (tertiary alicyclic amines) is 1. The highest BCUT2D eigenvalue weighted by atomic mass is 35.5. The number of nitrogens with one attached hydrogen (secondary N) is 2. The van der Waals surface area contributed by atoms with E-state index >= 15 is 0 Å². The Kier molecular flexibility index (Phi) is 21.3. The number of piperidine rings is 1. The lowest BCUT2D eigenvalue weighted by Crippen LogP contribution is -2.57. The van der Waals surface area contributed by atoms with Crippen LogP contribution in [-0.4, -0.2) is 151 Å². The Hall–Kier alpha value is -3.98. The van der Waals surface area contributed by atoms with Crippen LogP contribution in [-0.2, 0) is 33.3 Å². The van der Waals surface area contributed by atoms with Gasteiger partial charge in [0.1, 0.15) is 30.1 Å². The van der Waals surface area contributed by atoms with Crippen LogP contribution in [0.5, 0.6) is 0 Å². The molecule has 7 atom stereocenters. The van der Waals surface area contributed by atoms with Gasteiger partial charge in [0, 0.05) is 36.6 Å². The van der Waals surface area contributed by atoms with Gasteiger partial charge >= 0.3 is 0 Å². The molecule has 4 unspecified atom stereocenters. The molecule has 0 radical (unpaired) electrons. The molecule has 3 aliphatic rings. The summed E-state index contributed by atoms with van der Waals surface area (Å²) in [5, 5.41) is 16.9. The van der Waals surface area contributed by atoms with Crippen LogP contribution in [0.4, 0.5) is 5.82 Å². The monoisotopic (exact) mass is 1040 g/mol. The van der Waals surface area contributed by atoms with Crippen molar-refractivity contribution in [2.24, 2.45) is 22.5 Å². The molecular weight excluding hydrogens is 964 g/mol. The molecule has 390 valence electrons. The Morgan fingerprint density at radius 3 is 2.18 bits per heavy atom. The number of aromatic nitrogens is 3. The number of anilines is 1. The van der Waals surface area contributed by atoms with Crippen molar-refractivity contribution in [2.75, 3.05) is 83.9 Å². The van der Waals surface area contributed by atoms with Gasteiger partial charge in [-0.25, -0.2) is 15.0 Å². The first-order valence-corrected chi connectivity index (χ1v) is 27.0. The van der Waals surface area contributed by atoms with Gasteiger partial charge in [0.2, 0.25) is 17.7 Å². The van der Waals surface area contributed by atoms with Gasteiger partial charge in [0.25, 0.3) is 0 Å². The summed E-state index contributed by atoms with van der Waals surface area (Å²) in [6, 6.07) is 7.66. The highest BCUT2D eigenvalue weighted by molar-refractivity contribution is 8.00. The summed E-state index contributed by atoms with van der Waals surface area (Å²) in [6.45, 7) is 18.3. The van der Waals surface area contributed by atoms with E-state index in [1.165, 1.54) is 22.2 Å². The zero-order chi connectivity index (χ0) is 51.1. The highest BCUT2D eigenvalue weighted by Gasteiger charge is 2.44. The lowest BCUT2D eigenvalue weighted by atomic mass is 9.80. The minimum atomic E-state index is -0.806. The number of hydrogen-bond acceptors (Lipinski definition) is 15. The number of halogens is 1. The van der Waals surface area contributed by atoms with E-state index in [9.17, 15) is 19.5 Å². The van der Waals surface area contributed by atoms with Gasteiger partial charge in [-0.05, 0) is 85.1 Å². The normalized spacial score (nSPS) is 21.4. The van der Waals surface area contributed by atoms with Crippen molar-refractivity contribution in [3.8, 4) is 10.4 Å². The molecule has 19 heteroatoms. The third kappa shape index (κ3) is 16.8. The van der Waals surface area contributed by atoms with Gasteiger partial charge in [0.15, 0.2) is 0 Å². The number of aliphatic hydroxyl groups is 1. The van der Waals surface area contributed by atoms with Crippen LogP contribution in [0.25, 0.3) is 10.4 Å². The molecule has 2 fully saturated rings. The molecule has 3 aromatic rings. The number of carbonyl (C=O) groups excluding carboxylic acids is 3. The van der Waals surface area contributed by atoms with Crippen LogP contribution < -0.4 is 21.3 Å². The summed E-state index contributed by atoms with van der Waals surface area (Å²) in [5.74, 6) is 0.323. The second-order valence-electron chi connectivity index (χ2n) is 20.4. The average molecular weight is 1040 g/mol. The molecule has 0 spiro atoms. The molecule has 0 saturated carbocycles. The molecule has 0 bridgehead atoms. The molecule has 16 nitrogen and oxygen atoms in total. The number of nitrogens with zero attached hydrogens (tertiary/aromatic N) is 5. The lowest BCUT2D eigenvalue weighted by molar-refractivity contribution is -0.142. The molecule has 4 heterocycles. The number of nitrogens with two attached hydrogens (primary N) is 1. The van der Waals surface area contributed by atoms with E-state index in [0.717, 1.165) is 54.5 Å². The number of benzene rings is 1. The topological polar surface area (TPSA) is 204 Å². The maximum absolute atomic E-state index is 14.2. The lowest BCUT2D eigenvalue weighted by Gasteiger charge is -2.39. The van der Waals surface area contributed by atoms with Gasteiger partial charge in [-0.15, -0.1) is 22.9 Å². The minimum Gasteiger partial charge on any atom is -0.391 e. The van der Waals surface area contributed by atoms with Gasteiger partial charge < -0.3 is 50.2 Å². The molecule has 2 aliphatic heterocycles. The van der Waals surface area contributed by atoms with Crippen molar-refractivity contribution in [3.05, 3.63) is 77.4 Å². The van der Waals surface area contributed by atoms with Crippen molar-refractivity contribution in [2.45, 2.75) is 114 Å². The number of aryl methyl sites for hydroxylation is 1.